The van der Waals surface area contributed by atoms with E-state index in [1.54, 1.807) is 12.1 Å². The second-order valence-corrected chi connectivity index (χ2v) is 5.77. The van der Waals surface area contributed by atoms with Crippen LogP contribution in [0.5, 0.6) is 5.75 Å². The molecular weight excluding hydrogens is 292 g/mol. The molecule has 0 radical (unpaired) electrons. The summed E-state index contributed by atoms with van der Waals surface area (Å²) in [5, 5.41) is 2.93. The van der Waals surface area contributed by atoms with Gasteiger partial charge in [-0.2, -0.15) is 0 Å². The lowest BCUT2D eigenvalue weighted by Gasteiger charge is -2.12. The van der Waals surface area contributed by atoms with Gasteiger partial charge < -0.3 is 19.4 Å². The van der Waals surface area contributed by atoms with Crippen LogP contribution in [0.15, 0.2) is 42.6 Å². The van der Waals surface area contributed by atoms with E-state index in [2.05, 4.69) is 5.32 Å². The Labute approximate surface area is 136 Å². The summed E-state index contributed by atoms with van der Waals surface area (Å²) in [4.78, 5) is 12.3. The van der Waals surface area contributed by atoms with Gasteiger partial charge in [-0.25, -0.2) is 0 Å². The highest BCUT2D eigenvalue weighted by Gasteiger charge is 2.16. The summed E-state index contributed by atoms with van der Waals surface area (Å²) in [5.41, 5.74) is 1.66. The molecule has 3 rings (SSSR count). The topological polar surface area (TPSA) is 52.5 Å². The van der Waals surface area contributed by atoms with Crippen molar-refractivity contribution >= 4 is 5.91 Å². The zero-order valence-electron chi connectivity index (χ0n) is 13.3. The molecule has 1 N–H and O–H groups in total. The van der Waals surface area contributed by atoms with E-state index < -0.39 is 0 Å². The van der Waals surface area contributed by atoms with E-state index in [9.17, 15) is 4.79 Å². The van der Waals surface area contributed by atoms with Crippen molar-refractivity contribution in [1.29, 1.82) is 0 Å². The highest BCUT2D eigenvalue weighted by molar-refractivity contribution is 5.94. The minimum atomic E-state index is -0.103. The lowest BCUT2D eigenvalue weighted by atomic mass is 10.2. The molecule has 1 atom stereocenters. The predicted molar refractivity (Wildman–Crippen MR) is 87.5 cm³/mol. The molecule has 1 aliphatic rings. The Morgan fingerprint density at radius 2 is 2.30 bits per heavy atom. The first-order chi connectivity index (χ1) is 11.2. The van der Waals surface area contributed by atoms with Crippen molar-refractivity contribution in [2.75, 3.05) is 13.2 Å². The first-order valence-electron chi connectivity index (χ1n) is 7.95. The van der Waals surface area contributed by atoms with E-state index in [0.717, 1.165) is 25.1 Å². The van der Waals surface area contributed by atoms with Crippen LogP contribution in [0.25, 0.3) is 0 Å². The molecule has 23 heavy (non-hydrogen) atoms. The fourth-order valence-corrected chi connectivity index (χ4v) is 2.65. The van der Waals surface area contributed by atoms with Crippen molar-refractivity contribution in [2.45, 2.75) is 25.5 Å². The minimum Gasteiger partial charge on any atom is -0.491 e. The molecule has 1 amide bonds. The third-order valence-corrected chi connectivity index (χ3v) is 4.04. The average molecular weight is 314 g/mol. The van der Waals surface area contributed by atoms with Crippen LogP contribution >= 0.6 is 0 Å². The Bertz CT molecular complexity index is 660. The Balaban J connectivity index is 1.55. The molecule has 0 spiro atoms. The predicted octanol–water partition coefficient (Wildman–Crippen LogP) is 2.51. The highest BCUT2D eigenvalue weighted by atomic mass is 16.5. The molecule has 5 nitrogen and oxygen atoms in total. The second-order valence-electron chi connectivity index (χ2n) is 5.77. The van der Waals surface area contributed by atoms with Gasteiger partial charge in [-0.3, -0.25) is 4.79 Å². The summed E-state index contributed by atoms with van der Waals surface area (Å²) in [6, 6.07) is 11.2. The first-order valence-corrected chi connectivity index (χ1v) is 7.95. The lowest BCUT2D eigenvalue weighted by molar-refractivity contribution is 0.0679. The molecule has 1 saturated heterocycles. The van der Waals surface area contributed by atoms with Gasteiger partial charge in [0.15, 0.2) is 0 Å². The van der Waals surface area contributed by atoms with Crippen LogP contribution in [0.2, 0.25) is 0 Å². The standard InChI is InChI=1S/C18H22N2O3/c1-20-9-3-6-15(20)12-19-18(21)14-5-2-7-16(11-14)23-13-17-8-4-10-22-17/h2-3,5-7,9,11,17H,4,8,10,12-13H2,1H3,(H,19,21). The number of benzene rings is 1. The number of hydrogen-bond acceptors (Lipinski definition) is 3. The van der Waals surface area contributed by atoms with E-state index in [1.807, 2.05) is 42.1 Å². The van der Waals surface area contributed by atoms with Gasteiger partial charge in [-0.15, -0.1) is 0 Å². The maximum Gasteiger partial charge on any atom is 0.251 e. The van der Waals surface area contributed by atoms with Crippen LogP contribution in [0.4, 0.5) is 0 Å². The van der Waals surface area contributed by atoms with Crippen LogP contribution in [0.1, 0.15) is 28.9 Å². The quantitative estimate of drug-likeness (QED) is 0.891. The molecule has 1 aromatic heterocycles. The number of hydrogen-bond donors (Lipinski definition) is 1. The Morgan fingerprint density at radius 1 is 1.39 bits per heavy atom. The SMILES string of the molecule is Cn1cccc1CNC(=O)c1cccc(OCC2CCCO2)c1. The van der Waals surface area contributed by atoms with E-state index in [-0.39, 0.29) is 12.0 Å². The average Bonchev–Trinajstić information content (AvgIpc) is 3.22. The number of aromatic nitrogens is 1. The lowest BCUT2D eigenvalue weighted by Crippen LogP contribution is -2.24. The zero-order valence-corrected chi connectivity index (χ0v) is 13.3. The van der Waals surface area contributed by atoms with Gasteiger partial charge in [0.25, 0.3) is 5.91 Å². The molecule has 1 aliphatic heterocycles. The molecule has 1 unspecified atom stereocenters. The monoisotopic (exact) mass is 314 g/mol. The number of carbonyl (C=O) groups excluding carboxylic acids is 1. The van der Waals surface area contributed by atoms with Gasteiger partial charge in [0.05, 0.1) is 12.6 Å². The number of amides is 1. The summed E-state index contributed by atoms with van der Waals surface area (Å²) in [5.74, 6) is 0.598. The second kappa shape index (κ2) is 7.33. The van der Waals surface area contributed by atoms with Crippen molar-refractivity contribution in [1.82, 2.24) is 9.88 Å². The normalized spacial score (nSPS) is 17.2. The molecule has 1 aromatic carbocycles. The zero-order chi connectivity index (χ0) is 16.1. The number of aryl methyl sites for hydroxylation is 1. The number of nitrogens with one attached hydrogen (secondary N) is 1. The summed E-state index contributed by atoms with van der Waals surface area (Å²) in [6.45, 7) is 1.85. The van der Waals surface area contributed by atoms with Gasteiger partial charge in [-0.1, -0.05) is 6.07 Å². The van der Waals surface area contributed by atoms with Crippen molar-refractivity contribution in [2.24, 2.45) is 7.05 Å². The van der Waals surface area contributed by atoms with Crippen molar-refractivity contribution in [3.05, 3.63) is 53.9 Å². The molecule has 122 valence electrons. The molecule has 0 saturated carbocycles. The number of rotatable bonds is 6. The Morgan fingerprint density at radius 3 is 3.04 bits per heavy atom. The van der Waals surface area contributed by atoms with Crippen LogP contribution in [0.3, 0.4) is 0 Å². The number of carbonyl (C=O) groups is 1. The Hall–Kier alpha value is -2.27. The van der Waals surface area contributed by atoms with Crippen LogP contribution < -0.4 is 10.1 Å². The van der Waals surface area contributed by atoms with Crippen LogP contribution in [-0.2, 0) is 18.3 Å². The molecule has 2 aromatic rings. The fraction of sp³-hybridized carbons (Fsp3) is 0.389. The molecule has 5 heteroatoms. The van der Waals surface area contributed by atoms with Crippen LogP contribution in [-0.4, -0.2) is 29.8 Å². The van der Waals surface area contributed by atoms with E-state index in [0.29, 0.717) is 24.5 Å². The van der Waals surface area contributed by atoms with E-state index in [4.69, 9.17) is 9.47 Å². The minimum absolute atomic E-state index is 0.103. The van der Waals surface area contributed by atoms with Crippen LogP contribution in [0, 0.1) is 0 Å². The van der Waals surface area contributed by atoms with Crippen molar-refractivity contribution in [3.8, 4) is 5.75 Å². The first kappa shape index (κ1) is 15.6. The summed E-state index contributed by atoms with van der Waals surface area (Å²) < 4.78 is 13.3. The largest absolute Gasteiger partial charge is 0.491 e. The van der Waals surface area contributed by atoms with E-state index >= 15 is 0 Å². The van der Waals surface area contributed by atoms with Gasteiger partial charge in [0, 0.05) is 31.1 Å². The summed E-state index contributed by atoms with van der Waals surface area (Å²) in [7, 11) is 1.96. The summed E-state index contributed by atoms with van der Waals surface area (Å²) in [6.07, 6.45) is 4.26. The number of ether oxygens (including phenoxy) is 2. The Kier molecular flexibility index (Phi) is 4.98. The molecule has 0 bridgehead atoms. The molecular formula is C18H22N2O3. The molecule has 0 aliphatic carbocycles. The van der Waals surface area contributed by atoms with Gasteiger partial charge in [0.1, 0.15) is 12.4 Å². The molecule has 1 fully saturated rings. The van der Waals surface area contributed by atoms with Gasteiger partial charge in [0.2, 0.25) is 0 Å². The maximum atomic E-state index is 12.3. The van der Waals surface area contributed by atoms with E-state index in [1.165, 1.54) is 0 Å². The van der Waals surface area contributed by atoms with Gasteiger partial charge >= 0.3 is 0 Å². The third kappa shape index (κ3) is 4.13. The van der Waals surface area contributed by atoms with Crippen molar-refractivity contribution in [3.63, 3.8) is 0 Å². The third-order valence-electron chi connectivity index (χ3n) is 4.04. The highest BCUT2D eigenvalue weighted by Crippen LogP contribution is 2.17. The smallest absolute Gasteiger partial charge is 0.251 e. The maximum absolute atomic E-state index is 12.3. The van der Waals surface area contributed by atoms with Gasteiger partial charge in [-0.05, 0) is 43.2 Å². The summed E-state index contributed by atoms with van der Waals surface area (Å²) >= 11 is 0. The number of nitrogens with zero attached hydrogens (tertiary/aromatic N) is 1. The van der Waals surface area contributed by atoms with Crippen molar-refractivity contribution < 1.29 is 14.3 Å². The fourth-order valence-electron chi connectivity index (χ4n) is 2.65. The molecule has 2 heterocycles.